The van der Waals surface area contributed by atoms with E-state index in [0.29, 0.717) is 10.9 Å². The summed E-state index contributed by atoms with van der Waals surface area (Å²) in [5, 5.41) is 3.72. The van der Waals surface area contributed by atoms with E-state index >= 15 is 0 Å². The van der Waals surface area contributed by atoms with Crippen LogP contribution in [0.5, 0.6) is 0 Å². The first-order valence-electron chi connectivity index (χ1n) is 5.89. The van der Waals surface area contributed by atoms with Gasteiger partial charge < -0.3 is 11.1 Å². The predicted octanol–water partition coefficient (Wildman–Crippen LogP) is 2.68. The van der Waals surface area contributed by atoms with Crippen molar-refractivity contribution in [1.29, 1.82) is 0 Å². The summed E-state index contributed by atoms with van der Waals surface area (Å²) >= 11 is 5.86. The number of carbonyl (C=O) groups is 1. The van der Waals surface area contributed by atoms with Crippen molar-refractivity contribution in [2.24, 2.45) is 11.7 Å². The Hall–Kier alpha value is -0.770. The zero-order chi connectivity index (χ0) is 12.4. The highest BCUT2D eigenvalue weighted by atomic mass is 35.5. The molecule has 1 saturated carbocycles. The van der Waals surface area contributed by atoms with Gasteiger partial charge in [0.15, 0.2) is 0 Å². The Labute approximate surface area is 118 Å². The summed E-state index contributed by atoms with van der Waals surface area (Å²) in [6.07, 6.45) is 2.32. The Morgan fingerprint density at radius 2 is 1.94 bits per heavy atom. The van der Waals surface area contributed by atoms with Crippen LogP contribution in [0.3, 0.4) is 0 Å². The Balaban J connectivity index is 0.00000162. The lowest BCUT2D eigenvalue weighted by Gasteiger charge is -2.20. The minimum atomic E-state index is -0.469. The van der Waals surface area contributed by atoms with Crippen LogP contribution in [0.15, 0.2) is 24.3 Å². The van der Waals surface area contributed by atoms with E-state index in [1.807, 2.05) is 24.3 Å². The first-order valence-corrected chi connectivity index (χ1v) is 6.27. The third-order valence-electron chi connectivity index (χ3n) is 3.03. The van der Waals surface area contributed by atoms with Crippen molar-refractivity contribution < 1.29 is 4.79 Å². The Morgan fingerprint density at radius 1 is 1.39 bits per heavy atom. The molecule has 0 bridgehead atoms. The summed E-state index contributed by atoms with van der Waals surface area (Å²) in [5.74, 6) is 0.440. The highest BCUT2D eigenvalue weighted by Gasteiger charge is 2.33. The van der Waals surface area contributed by atoms with Gasteiger partial charge in [0.25, 0.3) is 0 Å². The molecule has 1 aromatic carbocycles. The Kier molecular flexibility index (Phi) is 5.45. The van der Waals surface area contributed by atoms with Gasteiger partial charge in [0.05, 0.1) is 12.1 Å². The molecule has 1 amide bonds. The van der Waals surface area contributed by atoms with Gasteiger partial charge in [-0.05, 0) is 43.4 Å². The lowest BCUT2D eigenvalue weighted by atomic mass is 10.0. The molecular formula is C13H18Cl2N2O. The van der Waals surface area contributed by atoms with Crippen molar-refractivity contribution in [1.82, 2.24) is 5.32 Å². The molecule has 3 N–H and O–H groups in total. The number of benzene rings is 1. The molecule has 5 heteroatoms. The Morgan fingerprint density at radius 3 is 2.39 bits per heavy atom. The summed E-state index contributed by atoms with van der Waals surface area (Å²) in [6.45, 7) is 1.70. The molecule has 1 unspecified atom stereocenters. The van der Waals surface area contributed by atoms with Gasteiger partial charge in [-0.25, -0.2) is 0 Å². The summed E-state index contributed by atoms with van der Waals surface area (Å²) in [4.78, 5) is 11.7. The molecule has 1 aliphatic rings. The van der Waals surface area contributed by atoms with Gasteiger partial charge in [0.1, 0.15) is 0 Å². The monoisotopic (exact) mass is 288 g/mol. The lowest BCUT2D eigenvalue weighted by Crippen LogP contribution is -2.40. The molecule has 2 rings (SSSR count). The van der Waals surface area contributed by atoms with Crippen LogP contribution >= 0.6 is 24.0 Å². The van der Waals surface area contributed by atoms with Crippen molar-refractivity contribution in [3.63, 3.8) is 0 Å². The number of hydrogen-bond acceptors (Lipinski definition) is 2. The normalized spacial score (nSPS) is 17.5. The molecule has 3 nitrogen and oxygen atoms in total. The maximum absolute atomic E-state index is 11.7. The van der Waals surface area contributed by atoms with Crippen molar-refractivity contribution in [2.45, 2.75) is 31.8 Å². The topological polar surface area (TPSA) is 55.1 Å². The van der Waals surface area contributed by atoms with Crippen molar-refractivity contribution in [2.75, 3.05) is 0 Å². The molecule has 2 atom stereocenters. The van der Waals surface area contributed by atoms with Crippen LogP contribution in [-0.4, -0.2) is 11.9 Å². The van der Waals surface area contributed by atoms with Crippen LogP contribution in [0, 0.1) is 5.92 Å². The largest absolute Gasteiger partial charge is 0.348 e. The van der Waals surface area contributed by atoms with Gasteiger partial charge in [0.2, 0.25) is 5.91 Å². The number of amides is 1. The number of halogens is 2. The zero-order valence-electron chi connectivity index (χ0n) is 10.2. The quantitative estimate of drug-likeness (QED) is 0.895. The van der Waals surface area contributed by atoms with Gasteiger partial charge in [-0.1, -0.05) is 23.7 Å². The number of nitrogens with two attached hydrogens (primary N) is 1. The van der Waals surface area contributed by atoms with E-state index in [1.165, 1.54) is 0 Å². The van der Waals surface area contributed by atoms with E-state index in [2.05, 4.69) is 5.32 Å². The average molecular weight is 289 g/mol. The van der Waals surface area contributed by atoms with Crippen LogP contribution in [0.4, 0.5) is 0 Å². The predicted molar refractivity (Wildman–Crippen MR) is 76.0 cm³/mol. The maximum atomic E-state index is 11.7. The van der Waals surface area contributed by atoms with Gasteiger partial charge >= 0.3 is 0 Å². The molecule has 100 valence electrons. The van der Waals surface area contributed by atoms with Gasteiger partial charge in [-0.2, -0.15) is 0 Å². The van der Waals surface area contributed by atoms with Crippen LogP contribution in [0.1, 0.15) is 31.4 Å². The highest BCUT2D eigenvalue weighted by Crippen LogP contribution is 2.41. The summed E-state index contributed by atoms with van der Waals surface area (Å²) in [6, 6.07) is 7.24. The van der Waals surface area contributed by atoms with Gasteiger partial charge in [-0.3, -0.25) is 4.79 Å². The second-order valence-electron chi connectivity index (χ2n) is 4.66. The standard InChI is InChI=1S/C13H17ClN2O.ClH/c1-8(15)13(17)16-12(9-2-3-9)10-4-6-11(14)7-5-10;/h4-9,12H,2-3,15H2,1H3,(H,16,17);1H/t8-,12?;/m1./s1. The van der Waals surface area contributed by atoms with Crippen LogP contribution < -0.4 is 11.1 Å². The summed E-state index contributed by atoms with van der Waals surface area (Å²) in [7, 11) is 0. The number of rotatable bonds is 4. The third-order valence-corrected chi connectivity index (χ3v) is 3.29. The SMILES string of the molecule is C[C@@H](N)C(=O)NC(c1ccc(Cl)cc1)C1CC1.Cl. The maximum Gasteiger partial charge on any atom is 0.237 e. The van der Waals surface area contributed by atoms with E-state index in [9.17, 15) is 4.79 Å². The molecule has 1 aliphatic carbocycles. The first-order chi connectivity index (χ1) is 8.08. The second-order valence-corrected chi connectivity index (χ2v) is 5.10. The fourth-order valence-electron chi connectivity index (χ4n) is 1.86. The molecule has 0 aromatic heterocycles. The van der Waals surface area contributed by atoms with Crippen LogP contribution in [0.25, 0.3) is 0 Å². The molecule has 0 spiro atoms. The highest BCUT2D eigenvalue weighted by molar-refractivity contribution is 6.30. The lowest BCUT2D eigenvalue weighted by molar-refractivity contribution is -0.122. The molecule has 0 heterocycles. The summed E-state index contributed by atoms with van der Waals surface area (Å²) in [5.41, 5.74) is 6.68. The number of nitrogens with one attached hydrogen (secondary N) is 1. The molecule has 0 aliphatic heterocycles. The molecule has 1 aromatic rings. The minimum Gasteiger partial charge on any atom is -0.348 e. The van der Waals surface area contributed by atoms with Gasteiger partial charge in [0, 0.05) is 5.02 Å². The number of hydrogen-bond donors (Lipinski definition) is 2. The second kappa shape index (κ2) is 6.41. The van der Waals surface area contributed by atoms with E-state index in [1.54, 1.807) is 6.92 Å². The molecule has 18 heavy (non-hydrogen) atoms. The number of carbonyl (C=O) groups excluding carboxylic acids is 1. The third kappa shape index (κ3) is 3.87. The van der Waals surface area contributed by atoms with Gasteiger partial charge in [-0.15, -0.1) is 12.4 Å². The van der Waals surface area contributed by atoms with Crippen molar-refractivity contribution in [3.8, 4) is 0 Å². The van der Waals surface area contributed by atoms with E-state index in [-0.39, 0.29) is 24.4 Å². The summed E-state index contributed by atoms with van der Waals surface area (Å²) < 4.78 is 0. The molecule has 1 fully saturated rings. The Bertz CT molecular complexity index is 402. The molecule has 0 saturated heterocycles. The fraction of sp³-hybridized carbons (Fsp3) is 0.462. The average Bonchev–Trinajstić information content (AvgIpc) is 3.10. The van der Waals surface area contributed by atoms with E-state index < -0.39 is 6.04 Å². The molecule has 0 radical (unpaired) electrons. The van der Waals surface area contributed by atoms with Crippen LogP contribution in [0.2, 0.25) is 5.02 Å². The molecular weight excluding hydrogens is 271 g/mol. The van der Waals surface area contributed by atoms with Crippen molar-refractivity contribution in [3.05, 3.63) is 34.9 Å². The smallest absolute Gasteiger partial charge is 0.237 e. The van der Waals surface area contributed by atoms with E-state index in [0.717, 1.165) is 18.4 Å². The zero-order valence-corrected chi connectivity index (χ0v) is 11.8. The van der Waals surface area contributed by atoms with E-state index in [4.69, 9.17) is 17.3 Å². The van der Waals surface area contributed by atoms with Crippen LogP contribution in [-0.2, 0) is 4.79 Å². The first kappa shape index (κ1) is 15.3. The fourth-order valence-corrected chi connectivity index (χ4v) is 1.98. The van der Waals surface area contributed by atoms with Crippen molar-refractivity contribution >= 4 is 29.9 Å². The minimum absolute atomic E-state index is 0.